The van der Waals surface area contributed by atoms with E-state index >= 15 is 0 Å². The number of fused-ring (bicyclic) bond motifs is 1. The van der Waals surface area contributed by atoms with Crippen molar-refractivity contribution in [2.45, 2.75) is 0 Å². The monoisotopic (exact) mass is 369 g/mol. The lowest BCUT2D eigenvalue weighted by atomic mass is 10.2. The summed E-state index contributed by atoms with van der Waals surface area (Å²) in [5.41, 5.74) is 0.614. The van der Waals surface area contributed by atoms with Crippen LogP contribution in [-0.2, 0) is 0 Å². The van der Waals surface area contributed by atoms with Gasteiger partial charge in [0.05, 0.1) is 9.99 Å². The normalized spacial score (nSPS) is 10.9. The van der Waals surface area contributed by atoms with Gasteiger partial charge in [0.25, 0.3) is 0 Å². The number of nitrogens with zero attached hydrogens (tertiary/aromatic N) is 1. The molecule has 0 N–H and O–H groups in total. The lowest BCUT2D eigenvalue weighted by molar-refractivity contribution is 0.439. The molecule has 0 aliphatic rings. The van der Waals surface area contributed by atoms with Gasteiger partial charge in [-0.05, 0) is 46.3 Å². The zero-order chi connectivity index (χ0) is 15.0. The van der Waals surface area contributed by atoms with E-state index in [1.54, 1.807) is 18.2 Å². The van der Waals surface area contributed by atoms with Crippen LogP contribution in [0.1, 0.15) is 0 Å². The maximum atomic E-state index is 13.7. The molecule has 2 nitrogen and oxygen atoms in total. The van der Waals surface area contributed by atoms with Gasteiger partial charge in [-0.25, -0.2) is 8.78 Å². The summed E-state index contributed by atoms with van der Waals surface area (Å²) in [5, 5.41) is 1.20. The summed E-state index contributed by atoms with van der Waals surface area (Å²) in [6.07, 6.45) is 1.54. The zero-order valence-corrected chi connectivity index (χ0v) is 12.8. The number of ether oxygens (including phenoxy) is 1. The van der Waals surface area contributed by atoms with Gasteiger partial charge in [-0.1, -0.05) is 11.6 Å². The number of hydrogen-bond donors (Lipinski definition) is 0. The van der Waals surface area contributed by atoms with Crippen molar-refractivity contribution in [2.75, 3.05) is 0 Å². The minimum absolute atomic E-state index is 0.0699. The molecule has 0 spiro atoms. The molecule has 0 atom stereocenters. The van der Waals surface area contributed by atoms with Gasteiger partial charge < -0.3 is 4.74 Å². The fourth-order valence-corrected chi connectivity index (χ4v) is 2.45. The highest BCUT2D eigenvalue weighted by atomic mass is 79.9. The molecule has 2 aromatic carbocycles. The van der Waals surface area contributed by atoms with E-state index in [9.17, 15) is 8.78 Å². The quantitative estimate of drug-likeness (QED) is 0.575. The van der Waals surface area contributed by atoms with Crippen molar-refractivity contribution in [3.63, 3.8) is 0 Å². The predicted molar refractivity (Wildman–Crippen MR) is 80.9 cm³/mol. The maximum Gasteiger partial charge on any atom is 0.168 e. The fourth-order valence-electron chi connectivity index (χ4n) is 1.89. The predicted octanol–water partition coefficient (Wildman–Crippen LogP) is 5.72. The molecule has 0 fully saturated rings. The second-order valence-corrected chi connectivity index (χ2v) is 5.56. The molecule has 0 saturated carbocycles. The molecule has 0 radical (unpaired) electrons. The molecular formula is C15H7BrClF2NO. The Kier molecular flexibility index (Phi) is 3.78. The van der Waals surface area contributed by atoms with Crippen LogP contribution in [0.25, 0.3) is 10.9 Å². The van der Waals surface area contributed by atoms with E-state index in [4.69, 9.17) is 16.3 Å². The van der Waals surface area contributed by atoms with Gasteiger partial charge in [0.1, 0.15) is 5.82 Å². The maximum absolute atomic E-state index is 13.7. The van der Waals surface area contributed by atoms with Crippen molar-refractivity contribution >= 4 is 38.4 Å². The lowest BCUT2D eigenvalue weighted by Crippen LogP contribution is -1.93. The molecule has 0 amide bonds. The van der Waals surface area contributed by atoms with Gasteiger partial charge in [-0.3, -0.25) is 4.98 Å². The molecule has 0 bridgehead atoms. The first kappa shape index (κ1) is 14.2. The Hall–Kier alpha value is -1.72. The summed E-state index contributed by atoms with van der Waals surface area (Å²) < 4.78 is 32.8. The van der Waals surface area contributed by atoms with Gasteiger partial charge in [0.15, 0.2) is 17.3 Å². The minimum atomic E-state index is -0.777. The SMILES string of the molecule is Fc1ccc(Oc2c(Br)cnc3cc(Cl)ccc23)c(F)c1. The molecule has 0 unspecified atom stereocenters. The summed E-state index contributed by atoms with van der Waals surface area (Å²) in [6, 6.07) is 8.23. The van der Waals surface area contributed by atoms with Crippen LogP contribution in [0.4, 0.5) is 8.78 Å². The molecule has 0 aliphatic heterocycles. The van der Waals surface area contributed by atoms with Crippen molar-refractivity contribution in [3.8, 4) is 11.5 Å². The largest absolute Gasteiger partial charge is 0.452 e. The molecular weight excluding hydrogens is 364 g/mol. The third-order valence-electron chi connectivity index (χ3n) is 2.84. The Bertz CT molecular complexity index is 841. The van der Waals surface area contributed by atoms with Crippen LogP contribution in [0.15, 0.2) is 47.1 Å². The number of halogens is 4. The van der Waals surface area contributed by atoms with E-state index in [0.717, 1.165) is 12.1 Å². The summed E-state index contributed by atoms with van der Waals surface area (Å²) >= 11 is 9.23. The fraction of sp³-hybridized carbons (Fsp3) is 0. The van der Waals surface area contributed by atoms with E-state index in [0.29, 0.717) is 26.1 Å². The van der Waals surface area contributed by atoms with Crippen molar-refractivity contribution < 1.29 is 13.5 Å². The standard InChI is InChI=1S/C15H7BrClF2NO/c16-11-7-20-13-5-8(17)1-3-10(13)15(11)21-14-4-2-9(18)6-12(14)19/h1-7H. The second-order valence-electron chi connectivity index (χ2n) is 4.27. The van der Waals surface area contributed by atoms with Crippen LogP contribution in [0, 0.1) is 11.6 Å². The smallest absolute Gasteiger partial charge is 0.168 e. The average molecular weight is 371 g/mol. The number of rotatable bonds is 2. The lowest BCUT2D eigenvalue weighted by Gasteiger charge is -2.11. The molecule has 6 heteroatoms. The van der Waals surface area contributed by atoms with Gasteiger partial charge in [0, 0.05) is 22.7 Å². The molecule has 106 valence electrons. The Morgan fingerprint density at radius 1 is 1.10 bits per heavy atom. The van der Waals surface area contributed by atoms with Crippen LogP contribution in [0.3, 0.4) is 0 Å². The van der Waals surface area contributed by atoms with E-state index in [1.807, 2.05) is 0 Å². The topological polar surface area (TPSA) is 22.1 Å². The van der Waals surface area contributed by atoms with Crippen molar-refractivity contribution in [1.82, 2.24) is 4.98 Å². The number of aromatic nitrogens is 1. The van der Waals surface area contributed by atoms with Crippen LogP contribution >= 0.6 is 27.5 Å². The molecule has 1 aromatic heterocycles. The molecule has 0 saturated heterocycles. The molecule has 0 aliphatic carbocycles. The third kappa shape index (κ3) is 2.84. The summed E-state index contributed by atoms with van der Waals surface area (Å²) in [7, 11) is 0. The summed E-state index contributed by atoms with van der Waals surface area (Å²) in [5.74, 6) is -1.12. The molecule has 1 heterocycles. The van der Waals surface area contributed by atoms with Crippen LogP contribution in [0.5, 0.6) is 11.5 Å². The van der Waals surface area contributed by atoms with Crippen LogP contribution in [-0.4, -0.2) is 4.98 Å². The highest BCUT2D eigenvalue weighted by molar-refractivity contribution is 9.10. The van der Waals surface area contributed by atoms with E-state index in [2.05, 4.69) is 20.9 Å². The Morgan fingerprint density at radius 2 is 1.90 bits per heavy atom. The van der Waals surface area contributed by atoms with E-state index < -0.39 is 11.6 Å². The summed E-state index contributed by atoms with van der Waals surface area (Å²) in [4.78, 5) is 4.22. The Morgan fingerprint density at radius 3 is 2.67 bits per heavy atom. The molecule has 3 rings (SSSR count). The molecule has 3 aromatic rings. The third-order valence-corrected chi connectivity index (χ3v) is 3.64. The van der Waals surface area contributed by atoms with Gasteiger partial charge in [0.2, 0.25) is 0 Å². The van der Waals surface area contributed by atoms with Gasteiger partial charge in [-0.2, -0.15) is 0 Å². The Balaban J connectivity index is 2.13. The highest BCUT2D eigenvalue weighted by Gasteiger charge is 2.13. The molecule has 21 heavy (non-hydrogen) atoms. The first-order valence-corrected chi connectivity index (χ1v) is 7.08. The van der Waals surface area contributed by atoms with Crippen molar-refractivity contribution in [2.24, 2.45) is 0 Å². The Labute approximate surface area is 132 Å². The number of hydrogen-bond acceptors (Lipinski definition) is 2. The first-order chi connectivity index (χ1) is 10.0. The van der Waals surface area contributed by atoms with E-state index in [-0.39, 0.29) is 5.75 Å². The van der Waals surface area contributed by atoms with Gasteiger partial charge >= 0.3 is 0 Å². The number of benzene rings is 2. The van der Waals surface area contributed by atoms with Gasteiger partial charge in [-0.15, -0.1) is 0 Å². The van der Waals surface area contributed by atoms with Crippen molar-refractivity contribution in [3.05, 3.63) is 63.7 Å². The number of pyridine rings is 1. The van der Waals surface area contributed by atoms with E-state index in [1.165, 1.54) is 12.3 Å². The van der Waals surface area contributed by atoms with Crippen LogP contribution < -0.4 is 4.74 Å². The summed E-state index contributed by atoms with van der Waals surface area (Å²) in [6.45, 7) is 0. The van der Waals surface area contributed by atoms with Crippen LogP contribution in [0.2, 0.25) is 5.02 Å². The first-order valence-electron chi connectivity index (χ1n) is 5.91. The minimum Gasteiger partial charge on any atom is -0.452 e. The average Bonchev–Trinajstić information content (AvgIpc) is 2.44. The zero-order valence-electron chi connectivity index (χ0n) is 10.4. The second kappa shape index (κ2) is 5.58. The van der Waals surface area contributed by atoms with Crippen molar-refractivity contribution in [1.29, 1.82) is 0 Å². The highest BCUT2D eigenvalue weighted by Crippen LogP contribution is 2.37.